The molecule has 0 aliphatic carbocycles. The Labute approximate surface area is 163 Å². The zero-order valence-corrected chi connectivity index (χ0v) is 16.5. The number of carbonyl (C=O) groups excluding carboxylic acids is 1. The Hall–Kier alpha value is -1.91. The molecule has 0 unspecified atom stereocenters. The van der Waals surface area contributed by atoms with Crippen LogP contribution in [-0.2, 0) is 21.0 Å². The molecular formula is C17H16BrF3N2O3S. The highest BCUT2D eigenvalue weighted by Gasteiger charge is 2.34. The van der Waals surface area contributed by atoms with E-state index in [1.165, 1.54) is 31.2 Å². The Morgan fingerprint density at radius 1 is 1.11 bits per heavy atom. The molecule has 1 N–H and O–H groups in total. The molecule has 2 aromatic rings. The monoisotopic (exact) mass is 464 g/mol. The van der Waals surface area contributed by atoms with Gasteiger partial charge in [0.05, 0.1) is 22.7 Å². The Kier molecular flexibility index (Phi) is 6.66. The maximum atomic E-state index is 13.0. The third-order valence-electron chi connectivity index (χ3n) is 3.63. The number of amides is 1. The van der Waals surface area contributed by atoms with Crippen LogP contribution in [0, 0.1) is 0 Å². The minimum atomic E-state index is -4.64. The van der Waals surface area contributed by atoms with Crippen LogP contribution in [-0.4, -0.2) is 31.7 Å². The van der Waals surface area contributed by atoms with Gasteiger partial charge in [-0.2, -0.15) is 17.5 Å². The molecule has 146 valence electrons. The molecule has 0 aliphatic heterocycles. The van der Waals surface area contributed by atoms with Crippen molar-refractivity contribution < 1.29 is 26.4 Å². The summed E-state index contributed by atoms with van der Waals surface area (Å²) in [5.41, 5.74) is -1.43. The van der Waals surface area contributed by atoms with Gasteiger partial charge in [-0.25, -0.2) is 8.42 Å². The SMILES string of the molecule is CCN(CC(=O)Nc1ccccc1C(F)(F)F)S(=O)(=O)c1ccc(Br)cc1. The maximum Gasteiger partial charge on any atom is 0.418 e. The third-order valence-corrected chi connectivity index (χ3v) is 6.09. The number of para-hydroxylation sites is 1. The first-order chi connectivity index (χ1) is 12.6. The van der Waals surface area contributed by atoms with E-state index in [0.29, 0.717) is 4.47 Å². The highest BCUT2D eigenvalue weighted by Crippen LogP contribution is 2.34. The minimum absolute atomic E-state index is 0.0176. The number of likely N-dealkylation sites (N-methyl/N-ethyl adjacent to an activating group) is 1. The molecule has 2 rings (SSSR count). The molecule has 0 saturated heterocycles. The van der Waals surface area contributed by atoms with Crippen molar-refractivity contribution in [3.63, 3.8) is 0 Å². The second kappa shape index (κ2) is 8.41. The predicted octanol–water partition coefficient (Wildman–Crippen LogP) is 4.12. The van der Waals surface area contributed by atoms with E-state index in [2.05, 4.69) is 21.2 Å². The Balaban J connectivity index is 2.20. The number of rotatable bonds is 6. The maximum absolute atomic E-state index is 13.0. The molecule has 5 nitrogen and oxygen atoms in total. The molecule has 0 aliphatic rings. The van der Waals surface area contributed by atoms with Crippen LogP contribution >= 0.6 is 15.9 Å². The van der Waals surface area contributed by atoms with Gasteiger partial charge in [0.25, 0.3) is 0 Å². The van der Waals surface area contributed by atoms with E-state index < -0.39 is 39.9 Å². The van der Waals surface area contributed by atoms with Crippen molar-refractivity contribution in [1.82, 2.24) is 4.31 Å². The molecule has 0 fully saturated rings. The van der Waals surface area contributed by atoms with Gasteiger partial charge in [-0.05, 0) is 36.4 Å². The molecule has 27 heavy (non-hydrogen) atoms. The van der Waals surface area contributed by atoms with Crippen molar-refractivity contribution >= 4 is 37.5 Å². The molecule has 0 saturated carbocycles. The summed E-state index contributed by atoms with van der Waals surface area (Å²) in [5.74, 6) is -0.866. The van der Waals surface area contributed by atoms with Crippen molar-refractivity contribution in [2.75, 3.05) is 18.4 Å². The lowest BCUT2D eigenvalue weighted by Gasteiger charge is -2.21. The first-order valence-electron chi connectivity index (χ1n) is 7.77. The lowest BCUT2D eigenvalue weighted by Crippen LogP contribution is -2.38. The molecule has 0 bridgehead atoms. The molecule has 0 spiro atoms. The van der Waals surface area contributed by atoms with E-state index in [9.17, 15) is 26.4 Å². The fourth-order valence-corrected chi connectivity index (χ4v) is 3.98. The van der Waals surface area contributed by atoms with E-state index in [0.717, 1.165) is 16.4 Å². The number of carbonyl (C=O) groups is 1. The number of hydrogen-bond acceptors (Lipinski definition) is 3. The van der Waals surface area contributed by atoms with Gasteiger partial charge in [-0.3, -0.25) is 4.79 Å². The van der Waals surface area contributed by atoms with Gasteiger partial charge in [0, 0.05) is 11.0 Å². The average Bonchev–Trinajstić information content (AvgIpc) is 2.59. The number of anilines is 1. The average molecular weight is 465 g/mol. The minimum Gasteiger partial charge on any atom is -0.324 e. The summed E-state index contributed by atoms with van der Waals surface area (Å²) in [4.78, 5) is 12.2. The number of benzene rings is 2. The van der Waals surface area contributed by atoms with Crippen LogP contribution in [0.3, 0.4) is 0 Å². The van der Waals surface area contributed by atoms with Gasteiger partial charge in [-0.15, -0.1) is 0 Å². The molecule has 0 aromatic heterocycles. The van der Waals surface area contributed by atoms with Crippen LogP contribution in [0.1, 0.15) is 12.5 Å². The van der Waals surface area contributed by atoms with Crippen LogP contribution in [0.15, 0.2) is 57.9 Å². The lowest BCUT2D eigenvalue weighted by molar-refractivity contribution is -0.137. The third kappa shape index (κ3) is 5.30. The van der Waals surface area contributed by atoms with Crippen molar-refractivity contribution in [2.24, 2.45) is 0 Å². The molecule has 0 heterocycles. The summed E-state index contributed by atoms with van der Waals surface area (Å²) < 4.78 is 65.9. The number of sulfonamides is 1. The number of halogens is 4. The number of nitrogens with one attached hydrogen (secondary N) is 1. The van der Waals surface area contributed by atoms with E-state index in [1.54, 1.807) is 12.1 Å². The van der Waals surface area contributed by atoms with Crippen molar-refractivity contribution in [2.45, 2.75) is 18.0 Å². The first kappa shape index (κ1) is 21.4. The highest BCUT2D eigenvalue weighted by molar-refractivity contribution is 9.10. The molecule has 1 amide bonds. The van der Waals surface area contributed by atoms with Gasteiger partial charge in [0.1, 0.15) is 0 Å². The van der Waals surface area contributed by atoms with Gasteiger partial charge < -0.3 is 5.32 Å². The topological polar surface area (TPSA) is 66.5 Å². The standard InChI is InChI=1S/C17H16BrF3N2O3S/c1-2-23(27(25,26)13-9-7-12(18)8-10-13)11-16(24)22-15-6-4-3-5-14(15)17(19,20)21/h3-10H,2,11H2,1H3,(H,22,24). The summed E-state index contributed by atoms with van der Waals surface area (Å²) >= 11 is 3.20. The fourth-order valence-electron chi connectivity index (χ4n) is 2.31. The van der Waals surface area contributed by atoms with Crippen molar-refractivity contribution in [1.29, 1.82) is 0 Å². The summed E-state index contributed by atoms with van der Waals surface area (Å²) in [5, 5.41) is 2.14. The summed E-state index contributed by atoms with van der Waals surface area (Å²) in [6.07, 6.45) is -4.64. The Morgan fingerprint density at radius 3 is 2.26 bits per heavy atom. The van der Waals surface area contributed by atoms with Gasteiger partial charge >= 0.3 is 6.18 Å². The zero-order valence-electron chi connectivity index (χ0n) is 14.1. The smallest absolute Gasteiger partial charge is 0.324 e. The quantitative estimate of drug-likeness (QED) is 0.699. The van der Waals surface area contributed by atoms with Crippen LogP contribution in [0.2, 0.25) is 0 Å². The second-order valence-electron chi connectivity index (χ2n) is 5.48. The van der Waals surface area contributed by atoms with E-state index >= 15 is 0 Å². The van der Waals surface area contributed by atoms with Gasteiger partial charge in [-0.1, -0.05) is 35.0 Å². The molecule has 2 aromatic carbocycles. The van der Waals surface area contributed by atoms with Gasteiger partial charge in [0.2, 0.25) is 15.9 Å². The fraction of sp³-hybridized carbons (Fsp3) is 0.235. The second-order valence-corrected chi connectivity index (χ2v) is 8.33. The Morgan fingerprint density at radius 2 is 1.70 bits per heavy atom. The van der Waals surface area contributed by atoms with E-state index in [-0.39, 0.29) is 11.4 Å². The number of nitrogens with zero attached hydrogens (tertiary/aromatic N) is 1. The van der Waals surface area contributed by atoms with Crippen LogP contribution in [0.25, 0.3) is 0 Å². The van der Waals surface area contributed by atoms with Gasteiger partial charge in [0.15, 0.2) is 0 Å². The van der Waals surface area contributed by atoms with Crippen LogP contribution in [0.5, 0.6) is 0 Å². The summed E-state index contributed by atoms with van der Waals surface area (Å²) in [6.45, 7) is 0.904. The number of alkyl halides is 3. The normalized spacial score (nSPS) is 12.2. The van der Waals surface area contributed by atoms with Crippen LogP contribution < -0.4 is 5.32 Å². The summed E-state index contributed by atoms with van der Waals surface area (Å²) in [7, 11) is -3.96. The van der Waals surface area contributed by atoms with E-state index in [4.69, 9.17) is 0 Å². The number of hydrogen-bond donors (Lipinski definition) is 1. The zero-order chi connectivity index (χ0) is 20.2. The molecule has 0 radical (unpaired) electrons. The molecule has 0 atom stereocenters. The predicted molar refractivity (Wildman–Crippen MR) is 98.6 cm³/mol. The molecule has 10 heteroatoms. The summed E-state index contributed by atoms with van der Waals surface area (Å²) in [6, 6.07) is 10.3. The van der Waals surface area contributed by atoms with Crippen LogP contribution in [0.4, 0.5) is 18.9 Å². The van der Waals surface area contributed by atoms with Crippen molar-refractivity contribution in [3.8, 4) is 0 Å². The highest BCUT2D eigenvalue weighted by atomic mass is 79.9. The van der Waals surface area contributed by atoms with Crippen molar-refractivity contribution in [3.05, 3.63) is 58.6 Å². The first-order valence-corrected chi connectivity index (χ1v) is 10.0. The Bertz CT molecular complexity index is 916. The largest absolute Gasteiger partial charge is 0.418 e. The molecular weight excluding hydrogens is 449 g/mol. The lowest BCUT2D eigenvalue weighted by atomic mass is 10.1. The van der Waals surface area contributed by atoms with E-state index in [1.807, 2.05) is 0 Å².